The third-order valence-electron chi connectivity index (χ3n) is 3.03. The summed E-state index contributed by atoms with van der Waals surface area (Å²) in [7, 11) is 0. The SMILES string of the molecule is CC(NC(=O)c1cccc([N+](=O)[O-])c1)C(=O)NC(C)(C)CN. The summed E-state index contributed by atoms with van der Waals surface area (Å²) in [5, 5.41) is 15.9. The van der Waals surface area contributed by atoms with Gasteiger partial charge in [0, 0.05) is 29.8 Å². The number of nitro groups is 1. The van der Waals surface area contributed by atoms with Gasteiger partial charge in [-0.05, 0) is 26.8 Å². The maximum absolute atomic E-state index is 12.0. The Hall–Kier alpha value is -2.48. The van der Waals surface area contributed by atoms with E-state index in [1.54, 1.807) is 13.8 Å². The minimum absolute atomic E-state index is 0.118. The fraction of sp³-hybridized carbons (Fsp3) is 0.429. The molecule has 0 aliphatic carbocycles. The quantitative estimate of drug-likeness (QED) is 0.523. The number of rotatable bonds is 6. The summed E-state index contributed by atoms with van der Waals surface area (Å²) in [6.45, 7) is 5.31. The van der Waals surface area contributed by atoms with Crippen LogP contribution in [0.1, 0.15) is 31.1 Å². The van der Waals surface area contributed by atoms with E-state index < -0.39 is 22.4 Å². The van der Waals surface area contributed by atoms with Crippen LogP contribution in [-0.4, -0.2) is 34.9 Å². The van der Waals surface area contributed by atoms with Gasteiger partial charge in [0.2, 0.25) is 5.91 Å². The molecule has 2 amide bonds. The number of nitrogens with one attached hydrogen (secondary N) is 2. The van der Waals surface area contributed by atoms with Crippen LogP contribution in [0.5, 0.6) is 0 Å². The Morgan fingerprint density at radius 1 is 1.41 bits per heavy atom. The van der Waals surface area contributed by atoms with Crippen LogP contribution in [0, 0.1) is 10.1 Å². The lowest BCUT2D eigenvalue weighted by Gasteiger charge is -2.26. The van der Waals surface area contributed by atoms with Crippen molar-refractivity contribution >= 4 is 17.5 Å². The van der Waals surface area contributed by atoms with E-state index in [1.165, 1.54) is 25.1 Å². The number of carbonyl (C=O) groups is 2. The standard InChI is InChI=1S/C14H20N4O4/c1-9(12(19)17-14(2,3)8-15)16-13(20)10-5-4-6-11(7-10)18(21)22/h4-7,9H,8,15H2,1-3H3,(H,16,20)(H,17,19). The Labute approximate surface area is 128 Å². The highest BCUT2D eigenvalue weighted by molar-refractivity contribution is 5.97. The van der Waals surface area contributed by atoms with Gasteiger partial charge in [0.25, 0.3) is 11.6 Å². The zero-order valence-electron chi connectivity index (χ0n) is 12.8. The highest BCUT2D eigenvalue weighted by Crippen LogP contribution is 2.13. The summed E-state index contributed by atoms with van der Waals surface area (Å²) in [6.07, 6.45) is 0. The van der Waals surface area contributed by atoms with Gasteiger partial charge in [-0.2, -0.15) is 0 Å². The van der Waals surface area contributed by atoms with E-state index in [0.717, 1.165) is 6.07 Å². The van der Waals surface area contributed by atoms with Gasteiger partial charge in [-0.15, -0.1) is 0 Å². The van der Waals surface area contributed by atoms with Crippen molar-refractivity contribution in [2.75, 3.05) is 6.54 Å². The van der Waals surface area contributed by atoms with Crippen molar-refractivity contribution < 1.29 is 14.5 Å². The van der Waals surface area contributed by atoms with E-state index in [4.69, 9.17) is 5.73 Å². The molecule has 1 atom stereocenters. The van der Waals surface area contributed by atoms with Crippen LogP contribution < -0.4 is 16.4 Å². The Morgan fingerprint density at radius 2 is 2.05 bits per heavy atom. The monoisotopic (exact) mass is 308 g/mol. The van der Waals surface area contributed by atoms with Gasteiger partial charge in [-0.1, -0.05) is 6.07 Å². The summed E-state index contributed by atoms with van der Waals surface area (Å²) in [6, 6.07) is 4.50. The first-order chi connectivity index (χ1) is 10.2. The van der Waals surface area contributed by atoms with Gasteiger partial charge in [-0.3, -0.25) is 19.7 Å². The summed E-state index contributed by atoms with van der Waals surface area (Å²) < 4.78 is 0. The topological polar surface area (TPSA) is 127 Å². The molecule has 1 aromatic rings. The highest BCUT2D eigenvalue weighted by Gasteiger charge is 2.23. The van der Waals surface area contributed by atoms with Crippen LogP contribution in [-0.2, 0) is 4.79 Å². The molecule has 8 heteroatoms. The van der Waals surface area contributed by atoms with Gasteiger partial charge in [0.15, 0.2) is 0 Å². The lowest BCUT2D eigenvalue weighted by atomic mass is 10.1. The molecule has 0 spiro atoms. The molecule has 0 radical (unpaired) electrons. The van der Waals surface area contributed by atoms with Crippen LogP contribution in [0.2, 0.25) is 0 Å². The lowest BCUT2D eigenvalue weighted by molar-refractivity contribution is -0.384. The van der Waals surface area contributed by atoms with Crippen molar-refractivity contribution in [3.05, 3.63) is 39.9 Å². The van der Waals surface area contributed by atoms with E-state index in [0.29, 0.717) is 0 Å². The Bertz CT molecular complexity index is 586. The van der Waals surface area contributed by atoms with E-state index in [2.05, 4.69) is 10.6 Å². The summed E-state index contributed by atoms with van der Waals surface area (Å²) in [5.74, 6) is -0.939. The number of hydrogen-bond donors (Lipinski definition) is 3. The van der Waals surface area contributed by atoms with Crippen molar-refractivity contribution in [2.45, 2.75) is 32.4 Å². The first-order valence-electron chi connectivity index (χ1n) is 6.73. The summed E-state index contributed by atoms with van der Waals surface area (Å²) in [4.78, 5) is 34.1. The van der Waals surface area contributed by atoms with Crippen LogP contribution in [0.25, 0.3) is 0 Å². The van der Waals surface area contributed by atoms with Crippen molar-refractivity contribution in [1.29, 1.82) is 0 Å². The molecule has 22 heavy (non-hydrogen) atoms. The Morgan fingerprint density at radius 3 is 2.59 bits per heavy atom. The smallest absolute Gasteiger partial charge is 0.270 e. The molecule has 0 aliphatic heterocycles. The molecule has 0 aliphatic rings. The van der Waals surface area contributed by atoms with Crippen molar-refractivity contribution in [3.63, 3.8) is 0 Å². The number of hydrogen-bond acceptors (Lipinski definition) is 5. The second-order valence-corrected chi connectivity index (χ2v) is 5.58. The number of nitrogens with two attached hydrogens (primary N) is 1. The van der Waals surface area contributed by atoms with Crippen LogP contribution >= 0.6 is 0 Å². The zero-order chi connectivity index (χ0) is 16.9. The molecule has 1 aromatic carbocycles. The van der Waals surface area contributed by atoms with Crippen LogP contribution in [0.15, 0.2) is 24.3 Å². The maximum Gasteiger partial charge on any atom is 0.270 e. The average Bonchev–Trinajstić information content (AvgIpc) is 2.46. The molecule has 0 bridgehead atoms. The molecular formula is C14H20N4O4. The van der Waals surface area contributed by atoms with Crippen LogP contribution in [0.4, 0.5) is 5.69 Å². The molecule has 0 aromatic heterocycles. The second-order valence-electron chi connectivity index (χ2n) is 5.58. The van der Waals surface area contributed by atoms with Crippen molar-refractivity contribution in [2.24, 2.45) is 5.73 Å². The van der Waals surface area contributed by atoms with Gasteiger partial charge in [-0.25, -0.2) is 0 Å². The van der Waals surface area contributed by atoms with E-state index in [1.807, 2.05) is 0 Å². The molecule has 4 N–H and O–H groups in total. The lowest BCUT2D eigenvalue weighted by Crippen LogP contribution is -2.55. The summed E-state index contributed by atoms with van der Waals surface area (Å²) in [5.41, 5.74) is 4.88. The first kappa shape index (κ1) is 17.6. The average molecular weight is 308 g/mol. The van der Waals surface area contributed by atoms with Gasteiger partial charge >= 0.3 is 0 Å². The number of nitrogens with zero attached hydrogens (tertiary/aromatic N) is 1. The molecule has 120 valence electrons. The third kappa shape index (κ3) is 4.81. The van der Waals surface area contributed by atoms with Gasteiger partial charge in [0.05, 0.1) is 4.92 Å². The van der Waals surface area contributed by atoms with E-state index >= 15 is 0 Å². The highest BCUT2D eigenvalue weighted by atomic mass is 16.6. The molecule has 0 heterocycles. The van der Waals surface area contributed by atoms with Gasteiger partial charge in [0.1, 0.15) is 6.04 Å². The predicted molar refractivity (Wildman–Crippen MR) is 81.3 cm³/mol. The Balaban J connectivity index is 2.74. The molecule has 8 nitrogen and oxygen atoms in total. The minimum Gasteiger partial charge on any atom is -0.348 e. The number of benzene rings is 1. The van der Waals surface area contributed by atoms with Crippen LogP contribution in [0.3, 0.4) is 0 Å². The van der Waals surface area contributed by atoms with E-state index in [9.17, 15) is 19.7 Å². The fourth-order valence-electron chi connectivity index (χ4n) is 1.60. The molecule has 0 saturated heterocycles. The predicted octanol–water partition coefficient (Wildman–Crippen LogP) is 0.567. The van der Waals surface area contributed by atoms with E-state index in [-0.39, 0.29) is 23.7 Å². The molecule has 0 fully saturated rings. The fourth-order valence-corrected chi connectivity index (χ4v) is 1.60. The molecule has 0 saturated carbocycles. The molecular weight excluding hydrogens is 288 g/mol. The normalized spacial score (nSPS) is 12.4. The third-order valence-corrected chi connectivity index (χ3v) is 3.03. The first-order valence-corrected chi connectivity index (χ1v) is 6.73. The Kier molecular flexibility index (Phi) is 5.58. The largest absolute Gasteiger partial charge is 0.348 e. The second kappa shape index (κ2) is 6.99. The molecule has 1 unspecified atom stereocenters. The van der Waals surface area contributed by atoms with Crippen molar-refractivity contribution in [3.8, 4) is 0 Å². The summed E-state index contributed by atoms with van der Waals surface area (Å²) >= 11 is 0. The number of non-ortho nitro benzene ring substituents is 1. The zero-order valence-corrected chi connectivity index (χ0v) is 12.8. The van der Waals surface area contributed by atoms with Gasteiger partial charge < -0.3 is 16.4 Å². The molecule has 1 rings (SSSR count). The number of amides is 2. The maximum atomic E-state index is 12.0. The minimum atomic E-state index is -0.794. The number of nitro benzene ring substituents is 1. The number of carbonyl (C=O) groups excluding carboxylic acids is 2. The van der Waals surface area contributed by atoms with Crippen molar-refractivity contribution in [1.82, 2.24) is 10.6 Å².